The molecule has 1 atom stereocenters. The average molecular weight is 493 g/mol. The van der Waals surface area contributed by atoms with Gasteiger partial charge in [0.15, 0.2) is 0 Å². The molecule has 2 N–H and O–H groups in total. The Hall–Kier alpha value is -3.47. The Bertz CT molecular complexity index is 1190. The summed E-state index contributed by atoms with van der Waals surface area (Å²) < 4.78 is 21.1. The molecule has 1 unspecified atom stereocenters. The maximum atomic E-state index is 13.8. The van der Waals surface area contributed by atoms with Gasteiger partial charge in [-0.25, -0.2) is 9.18 Å². The van der Waals surface area contributed by atoms with Gasteiger partial charge in [0.1, 0.15) is 23.8 Å². The van der Waals surface area contributed by atoms with Crippen molar-refractivity contribution in [2.75, 3.05) is 13.7 Å². The van der Waals surface area contributed by atoms with Crippen molar-refractivity contribution in [1.29, 1.82) is 0 Å². The van der Waals surface area contributed by atoms with Crippen LogP contribution in [0.3, 0.4) is 0 Å². The van der Waals surface area contributed by atoms with Gasteiger partial charge in [0.25, 0.3) is 5.56 Å². The van der Waals surface area contributed by atoms with E-state index in [2.05, 4.69) is 10.5 Å². The highest BCUT2D eigenvalue weighted by atomic mass is 19.1. The number of aromatic nitrogens is 2. The van der Waals surface area contributed by atoms with Crippen LogP contribution in [0.1, 0.15) is 51.8 Å². The van der Waals surface area contributed by atoms with Crippen molar-refractivity contribution in [3.8, 4) is 5.75 Å². The first kappa shape index (κ1) is 27.8. The fraction of sp³-hybridized carbons (Fsp3) is 0.500. The summed E-state index contributed by atoms with van der Waals surface area (Å²) in [7, 11) is 1.38. The van der Waals surface area contributed by atoms with Crippen molar-refractivity contribution >= 4 is 11.6 Å². The number of benzene rings is 1. The summed E-state index contributed by atoms with van der Waals surface area (Å²) in [5.41, 5.74) is -0.855. The zero-order chi connectivity index (χ0) is 26.3. The van der Waals surface area contributed by atoms with Crippen LogP contribution in [0, 0.1) is 11.7 Å². The number of aliphatic hydroxyl groups is 1. The largest absolute Gasteiger partial charge is 0.496 e. The molecule has 0 fully saturated rings. The predicted molar refractivity (Wildman–Crippen MR) is 129 cm³/mol. The lowest BCUT2D eigenvalue weighted by Crippen LogP contribution is -2.45. The number of ether oxygens (including phenoxy) is 1. The molecular formula is C24H33FN4O6. The highest BCUT2D eigenvalue weighted by Gasteiger charge is 2.20. The van der Waals surface area contributed by atoms with E-state index in [1.165, 1.54) is 25.4 Å². The third kappa shape index (κ3) is 7.25. The van der Waals surface area contributed by atoms with Crippen LogP contribution in [0.4, 0.5) is 4.39 Å². The number of methoxy groups -OCH3 is 1. The average Bonchev–Trinajstić information content (AvgIpc) is 2.80. The lowest BCUT2D eigenvalue weighted by molar-refractivity contribution is -0.124. The number of rotatable bonds is 11. The van der Waals surface area contributed by atoms with Crippen LogP contribution < -0.4 is 21.3 Å². The Morgan fingerprint density at radius 3 is 2.51 bits per heavy atom. The Morgan fingerprint density at radius 2 is 1.91 bits per heavy atom. The van der Waals surface area contributed by atoms with Crippen molar-refractivity contribution < 1.29 is 23.9 Å². The zero-order valence-electron chi connectivity index (χ0n) is 20.9. The Morgan fingerprint density at radius 1 is 1.23 bits per heavy atom. The molecule has 0 aliphatic rings. The van der Waals surface area contributed by atoms with Gasteiger partial charge in [-0.3, -0.25) is 18.7 Å². The number of carbonyl (C=O) groups is 1. The molecule has 11 heteroatoms. The van der Waals surface area contributed by atoms with Gasteiger partial charge in [0, 0.05) is 30.8 Å². The highest BCUT2D eigenvalue weighted by molar-refractivity contribution is 5.97. The first-order valence-electron chi connectivity index (χ1n) is 11.3. The van der Waals surface area contributed by atoms with Crippen molar-refractivity contribution in [3.63, 3.8) is 0 Å². The molecule has 0 aliphatic carbocycles. The monoisotopic (exact) mass is 492 g/mol. The number of aliphatic hydroxyl groups excluding tert-OH is 1. The molecule has 0 saturated heterocycles. The Kier molecular flexibility index (Phi) is 9.76. The van der Waals surface area contributed by atoms with E-state index in [4.69, 9.17) is 9.57 Å². The molecule has 2 rings (SSSR count). The molecule has 35 heavy (non-hydrogen) atoms. The predicted octanol–water partition coefficient (Wildman–Crippen LogP) is 1.81. The van der Waals surface area contributed by atoms with Crippen molar-refractivity contribution in [3.05, 3.63) is 62.2 Å². The van der Waals surface area contributed by atoms with Crippen molar-refractivity contribution in [2.24, 2.45) is 11.1 Å². The molecule has 0 radical (unpaired) electrons. The first-order valence-corrected chi connectivity index (χ1v) is 11.3. The van der Waals surface area contributed by atoms with E-state index in [1.54, 1.807) is 34.6 Å². The smallest absolute Gasteiger partial charge is 0.331 e. The normalized spacial score (nSPS) is 12.7. The van der Waals surface area contributed by atoms with Gasteiger partial charge in [0.05, 0.1) is 24.9 Å². The first-order chi connectivity index (χ1) is 16.5. The number of amides is 1. The minimum Gasteiger partial charge on any atom is -0.496 e. The highest BCUT2D eigenvalue weighted by Crippen LogP contribution is 2.26. The van der Waals surface area contributed by atoms with Gasteiger partial charge in [0.2, 0.25) is 5.91 Å². The molecule has 0 bridgehead atoms. The van der Waals surface area contributed by atoms with E-state index in [0.717, 1.165) is 15.2 Å². The zero-order valence-corrected chi connectivity index (χ0v) is 20.9. The van der Waals surface area contributed by atoms with Crippen LogP contribution in [0.25, 0.3) is 0 Å². The molecule has 0 spiro atoms. The third-order valence-corrected chi connectivity index (χ3v) is 5.11. The molecule has 1 aromatic carbocycles. The van der Waals surface area contributed by atoms with Crippen LogP contribution in [0.15, 0.2) is 39.1 Å². The summed E-state index contributed by atoms with van der Waals surface area (Å²) >= 11 is 0. The second-order valence-electron chi connectivity index (χ2n) is 8.61. The van der Waals surface area contributed by atoms with E-state index < -0.39 is 23.2 Å². The number of nitrogens with one attached hydrogen (secondary N) is 1. The second-order valence-corrected chi connectivity index (χ2v) is 8.61. The summed E-state index contributed by atoms with van der Waals surface area (Å²) in [4.78, 5) is 43.4. The van der Waals surface area contributed by atoms with E-state index >= 15 is 0 Å². The minimum absolute atomic E-state index is 0.0502. The summed E-state index contributed by atoms with van der Waals surface area (Å²) in [5.74, 6) is -0.799. The third-order valence-electron chi connectivity index (χ3n) is 5.11. The second kappa shape index (κ2) is 12.3. The summed E-state index contributed by atoms with van der Waals surface area (Å²) in [6.07, 6.45) is -0.265. The van der Waals surface area contributed by atoms with Crippen LogP contribution in [-0.4, -0.2) is 45.6 Å². The van der Waals surface area contributed by atoms with Gasteiger partial charge in [-0.2, -0.15) is 0 Å². The van der Waals surface area contributed by atoms with Gasteiger partial charge >= 0.3 is 5.69 Å². The van der Waals surface area contributed by atoms with Gasteiger partial charge in [-0.05, 0) is 39.0 Å². The Balaban J connectivity index is 2.51. The van der Waals surface area contributed by atoms with Gasteiger partial charge < -0.3 is 20.0 Å². The van der Waals surface area contributed by atoms with E-state index in [1.807, 2.05) is 0 Å². The number of carbonyl (C=O) groups excluding carboxylic acids is 1. The van der Waals surface area contributed by atoms with Crippen molar-refractivity contribution in [1.82, 2.24) is 14.5 Å². The summed E-state index contributed by atoms with van der Waals surface area (Å²) in [5, 5.41) is 17.4. The van der Waals surface area contributed by atoms with Crippen LogP contribution in [0.5, 0.6) is 5.75 Å². The standard InChI is InChI=1S/C24H33FN4O6/c1-14(2)22(31)26-9-10-29-23(32)19(16(5)27-35-15(3)4)12-28(24(29)33)13-20(30)18-11-17(25)7-8-21(18)34-6/h7-8,11-12,14-15,20,30H,9-10,13H2,1-6H3,(H,26,31)/b27-16+. The number of hydrogen-bond acceptors (Lipinski definition) is 7. The van der Waals surface area contributed by atoms with Crippen molar-refractivity contribution in [2.45, 2.75) is 59.9 Å². The number of oxime groups is 1. The quantitative estimate of drug-likeness (QED) is 0.364. The molecular weight excluding hydrogens is 459 g/mol. The van der Waals surface area contributed by atoms with Gasteiger partial charge in [-0.1, -0.05) is 19.0 Å². The molecule has 10 nitrogen and oxygen atoms in total. The van der Waals surface area contributed by atoms with E-state index in [9.17, 15) is 23.9 Å². The van der Waals surface area contributed by atoms with Crippen LogP contribution in [-0.2, 0) is 22.7 Å². The maximum absolute atomic E-state index is 13.8. The molecule has 1 amide bonds. The SMILES string of the molecule is COc1ccc(F)cc1C(O)Cn1cc(/C(C)=N/OC(C)C)c(=O)n(CCNC(=O)C(C)C)c1=O. The molecule has 0 saturated carbocycles. The van der Waals surface area contributed by atoms with E-state index in [-0.39, 0.29) is 60.2 Å². The van der Waals surface area contributed by atoms with Crippen LogP contribution >= 0.6 is 0 Å². The topological polar surface area (TPSA) is 124 Å². The number of halogens is 1. The summed E-state index contributed by atoms with van der Waals surface area (Å²) in [6, 6.07) is 3.69. The van der Waals surface area contributed by atoms with Crippen LogP contribution in [0.2, 0.25) is 0 Å². The lowest BCUT2D eigenvalue weighted by atomic mass is 10.1. The molecule has 1 heterocycles. The molecule has 1 aromatic heterocycles. The lowest BCUT2D eigenvalue weighted by Gasteiger charge is -2.18. The molecule has 192 valence electrons. The summed E-state index contributed by atoms with van der Waals surface area (Å²) in [6.45, 7) is 8.23. The Labute approximate surface area is 203 Å². The molecule has 2 aromatic rings. The molecule has 0 aliphatic heterocycles. The van der Waals surface area contributed by atoms with E-state index in [0.29, 0.717) is 0 Å². The minimum atomic E-state index is -1.32. The van der Waals surface area contributed by atoms with Gasteiger partial charge in [-0.15, -0.1) is 0 Å². The fourth-order valence-electron chi connectivity index (χ4n) is 3.21. The number of nitrogens with zero attached hydrogens (tertiary/aromatic N) is 3. The fourth-order valence-corrected chi connectivity index (χ4v) is 3.21. The number of hydrogen-bond donors (Lipinski definition) is 2. The maximum Gasteiger partial charge on any atom is 0.331 e.